The minimum atomic E-state index is 0.317. The lowest BCUT2D eigenvalue weighted by atomic mass is 10.2. The van der Waals surface area contributed by atoms with Crippen molar-refractivity contribution < 1.29 is 5.11 Å². The summed E-state index contributed by atoms with van der Waals surface area (Å²) in [5.41, 5.74) is 0. The van der Waals surface area contributed by atoms with E-state index >= 15 is 0 Å². The van der Waals surface area contributed by atoms with E-state index in [9.17, 15) is 0 Å². The molecule has 0 spiro atoms. The molecule has 1 saturated carbocycles. The Morgan fingerprint density at radius 2 is 2.11 bits per heavy atom. The lowest BCUT2D eigenvalue weighted by Gasteiger charge is -2.20. The molecule has 1 atom stereocenters. The Morgan fingerprint density at radius 1 is 1.56 bits per heavy atom. The first-order valence-electron chi connectivity index (χ1n) is 3.53. The van der Waals surface area contributed by atoms with E-state index in [1.54, 1.807) is 0 Å². The highest BCUT2D eigenvalue weighted by atomic mass is 16.3. The Balaban J connectivity index is 2.28. The van der Waals surface area contributed by atoms with Gasteiger partial charge in [0.15, 0.2) is 0 Å². The van der Waals surface area contributed by atoms with Crippen molar-refractivity contribution in [3.05, 3.63) is 0 Å². The number of likely N-dealkylation sites (N-methyl/N-ethyl adjacent to an activating group) is 1. The van der Waals surface area contributed by atoms with Crippen LogP contribution in [0, 0.1) is 5.92 Å². The van der Waals surface area contributed by atoms with Gasteiger partial charge in [-0.05, 0) is 32.9 Å². The molecule has 9 heavy (non-hydrogen) atoms. The predicted molar refractivity (Wildman–Crippen MR) is 37.3 cm³/mol. The van der Waals surface area contributed by atoms with Crippen LogP contribution in [-0.4, -0.2) is 36.8 Å². The second kappa shape index (κ2) is 2.67. The molecule has 0 radical (unpaired) electrons. The van der Waals surface area contributed by atoms with Crippen LogP contribution in [-0.2, 0) is 0 Å². The fourth-order valence-electron chi connectivity index (χ4n) is 1.22. The van der Waals surface area contributed by atoms with Gasteiger partial charge >= 0.3 is 0 Å². The van der Waals surface area contributed by atoms with E-state index in [1.165, 1.54) is 12.8 Å². The normalized spacial score (nSPS) is 22.7. The van der Waals surface area contributed by atoms with Gasteiger partial charge in [0, 0.05) is 6.04 Å². The zero-order valence-corrected chi connectivity index (χ0v) is 6.17. The van der Waals surface area contributed by atoms with Gasteiger partial charge in [0.05, 0.1) is 6.61 Å². The molecule has 0 bridgehead atoms. The molecule has 2 heteroatoms. The molecule has 0 heterocycles. The third-order valence-electron chi connectivity index (χ3n) is 2.02. The van der Waals surface area contributed by atoms with E-state index in [0.717, 1.165) is 5.92 Å². The van der Waals surface area contributed by atoms with Crippen LogP contribution in [0.5, 0.6) is 0 Å². The van der Waals surface area contributed by atoms with Crippen LogP contribution in [0.1, 0.15) is 12.8 Å². The van der Waals surface area contributed by atoms with Crippen molar-refractivity contribution in [1.29, 1.82) is 0 Å². The molecule has 0 aromatic rings. The maximum atomic E-state index is 8.87. The number of nitrogens with zero attached hydrogens (tertiary/aromatic N) is 1. The van der Waals surface area contributed by atoms with Gasteiger partial charge in [-0.1, -0.05) is 0 Å². The summed E-state index contributed by atoms with van der Waals surface area (Å²) in [5.74, 6) is 0.782. The quantitative estimate of drug-likeness (QED) is 0.593. The van der Waals surface area contributed by atoms with Gasteiger partial charge < -0.3 is 10.0 Å². The van der Waals surface area contributed by atoms with E-state index < -0.39 is 0 Å². The van der Waals surface area contributed by atoms with E-state index in [0.29, 0.717) is 12.6 Å². The van der Waals surface area contributed by atoms with Crippen molar-refractivity contribution in [2.75, 3.05) is 20.7 Å². The molecular formula is C7H15NO. The maximum absolute atomic E-state index is 8.87. The molecule has 0 saturated heterocycles. The van der Waals surface area contributed by atoms with E-state index in [2.05, 4.69) is 4.90 Å². The third kappa shape index (κ3) is 1.66. The summed E-state index contributed by atoms with van der Waals surface area (Å²) in [6.07, 6.45) is 2.62. The van der Waals surface area contributed by atoms with Crippen molar-refractivity contribution in [2.45, 2.75) is 18.9 Å². The number of aliphatic hydroxyl groups is 1. The third-order valence-corrected chi connectivity index (χ3v) is 2.02. The van der Waals surface area contributed by atoms with Crippen LogP contribution in [0.3, 0.4) is 0 Å². The van der Waals surface area contributed by atoms with E-state index in [-0.39, 0.29) is 0 Å². The first kappa shape index (κ1) is 7.03. The lowest BCUT2D eigenvalue weighted by Crippen LogP contribution is -2.33. The average Bonchev–Trinajstić information content (AvgIpc) is 2.50. The predicted octanol–water partition coefficient (Wildman–Crippen LogP) is 0.319. The summed E-state index contributed by atoms with van der Waals surface area (Å²) >= 11 is 0. The van der Waals surface area contributed by atoms with Crippen LogP contribution >= 0.6 is 0 Å². The second-order valence-electron chi connectivity index (χ2n) is 3.05. The Kier molecular flexibility index (Phi) is 2.09. The zero-order valence-electron chi connectivity index (χ0n) is 6.17. The van der Waals surface area contributed by atoms with Crippen molar-refractivity contribution in [1.82, 2.24) is 4.90 Å². The summed E-state index contributed by atoms with van der Waals surface area (Å²) < 4.78 is 0. The molecule has 2 nitrogen and oxygen atoms in total. The maximum Gasteiger partial charge on any atom is 0.0589 e. The van der Waals surface area contributed by atoms with Gasteiger partial charge in [-0.15, -0.1) is 0 Å². The summed E-state index contributed by atoms with van der Waals surface area (Å²) in [7, 11) is 4.05. The van der Waals surface area contributed by atoms with Crippen molar-refractivity contribution >= 4 is 0 Å². The summed E-state index contributed by atoms with van der Waals surface area (Å²) in [4.78, 5) is 2.11. The molecule has 0 aromatic carbocycles. The first-order valence-corrected chi connectivity index (χ1v) is 3.53. The smallest absolute Gasteiger partial charge is 0.0589 e. The topological polar surface area (TPSA) is 23.5 Å². The van der Waals surface area contributed by atoms with Gasteiger partial charge in [0.1, 0.15) is 0 Å². The lowest BCUT2D eigenvalue weighted by molar-refractivity contribution is 0.152. The van der Waals surface area contributed by atoms with Gasteiger partial charge in [0.2, 0.25) is 0 Å². The zero-order chi connectivity index (χ0) is 6.85. The number of aliphatic hydroxyl groups excluding tert-OH is 1. The number of hydrogen-bond acceptors (Lipinski definition) is 2. The summed E-state index contributed by atoms with van der Waals surface area (Å²) in [5, 5.41) is 8.87. The van der Waals surface area contributed by atoms with Crippen molar-refractivity contribution in [2.24, 2.45) is 5.92 Å². The fourth-order valence-corrected chi connectivity index (χ4v) is 1.22. The standard InChI is InChI=1S/C7H15NO/c1-8(2)7(5-9)6-3-4-6/h6-7,9H,3-5H2,1-2H3/t7-/m1/s1. The molecule has 0 unspecified atom stereocenters. The van der Waals surface area contributed by atoms with Crippen molar-refractivity contribution in [3.63, 3.8) is 0 Å². The highest BCUT2D eigenvalue weighted by Gasteiger charge is 2.31. The molecule has 1 rings (SSSR count). The Bertz CT molecular complexity index is 86.9. The molecule has 0 amide bonds. The minimum absolute atomic E-state index is 0.317. The van der Waals surface area contributed by atoms with E-state index in [1.807, 2.05) is 14.1 Å². The molecule has 0 aromatic heterocycles. The molecule has 1 fully saturated rings. The van der Waals surface area contributed by atoms with Gasteiger partial charge in [-0.3, -0.25) is 0 Å². The largest absolute Gasteiger partial charge is 0.395 e. The number of hydrogen-bond donors (Lipinski definition) is 1. The molecule has 1 aliphatic rings. The highest BCUT2D eigenvalue weighted by Crippen LogP contribution is 2.34. The van der Waals surface area contributed by atoms with Gasteiger partial charge in [-0.25, -0.2) is 0 Å². The summed E-state index contributed by atoms with van der Waals surface area (Å²) in [6, 6.07) is 0.421. The highest BCUT2D eigenvalue weighted by molar-refractivity contribution is 4.85. The van der Waals surface area contributed by atoms with Crippen LogP contribution in [0.15, 0.2) is 0 Å². The summed E-state index contributed by atoms with van der Waals surface area (Å²) in [6.45, 7) is 0.317. The minimum Gasteiger partial charge on any atom is -0.395 e. The van der Waals surface area contributed by atoms with Gasteiger partial charge in [0.25, 0.3) is 0 Å². The van der Waals surface area contributed by atoms with Crippen LogP contribution in [0.4, 0.5) is 0 Å². The average molecular weight is 129 g/mol. The van der Waals surface area contributed by atoms with Gasteiger partial charge in [-0.2, -0.15) is 0 Å². The molecule has 1 N–H and O–H groups in total. The van der Waals surface area contributed by atoms with E-state index in [4.69, 9.17) is 5.11 Å². The molecule has 1 aliphatic carbocycles. The Hall–Kier alpha value is -0.0800. The monoisotopic (exact) mass is 129 g/mol. The fraction of sp³-hybridized carbons (Fsp3) is 1.00. The Labute approximate surface area is 56.5 Å². The first-order chi connectivity index (χ1) is 4.25. The number of rotatable bonds is 3. The van der Waals surface area contributed by atoms with Crippen LogP contribution in [0.25, 0.3) is 0 Å². The van der Waals surface area contributed by atoms with Crippen molar-refractivity contribution in [3.8, 4) is 0 Å². The molecule has 0 aliphatic heterocycles. The van der Waals surface area contributed by atoms with Crippen LogP contribution in [0.2, 0.25) is 0 Å². The second-order valence-corrected chi connectivity index (χ2v) is 3.05. The molecule has 54 valence electrons. The molecular weight excluding hydrogens is 114 g/mol. The SMILES string of the molecule is CN(C)[C@H](CO)C1CC1. The Morgan fingerprint density at radius 3 is 2.22 bits per heavy atom. The van der Waals surface area contributed by atoms with Crippen LogP contribution < -0.4 is 0 Å².